The van der Waals surface area contributed by atoms with Crippen LogP contribution >= 0.6 is 11.3 Å². The molecule has 0 saturated heterocycles. The van der Waals surface area contributed by atoms with Crippen LogP contribution in [0, 0.1) is 13.8 Å². The Morgan fingerprint density at radius 2 is 1.84 bits per heavy atom. The first kappa shape index (κ1) is 22.9. The van der Waals surface area contributed by atoms with Gasteiger partial charge in [-0.2, -0.15) is 10.1 Å². The maximum absolute atomic E-state index is 5.55. The van der Waals surface area contributed by atoms with Crippen molar-refractivity contribution in [3.63, 3.8) is 0 Å². The van der Waals surface area contributed by atoms with Crippen LogP contribution in [0.25, 0.3) is 32.6 Å². The van der Waals surface area contributed by atoms with Gasteiger partial charge >= 0.3 is 0 Å². The van der Waals surface area contributed by atoms with Gasteiger partial charge in [-0.15, -0.1) is 11.3 Å². The highest BCUT2D eigenvalue weighted by atomic mass is 32.1. The van der Waals surface area contributed by atoms with Gasteiger partial charge in [0.05, 0.1) is 12.8 Å². The topological polar surface area (TPSA) is 83.5 Å². The summed E-state index contributed by atoms with van der Waals surface area (Å²) < 4.78 is 9.45. The Kier molecular flexibility index (Phi) is 7.04. The zero-order valence-electron chi connectivity index (χ0n) is 19.6. The van der Waals surface area contributed by atoms with Gasteiger partial charge in [0, 0.05) is 19.3 Å². The van der Waals surface area contributed by atoms with E-state index in [9.17, 15) is 0 Å². The van der Waals surface area contributed by atoms with Gasteiger partial charge in [-0.05, 0) is 32.8 Å². The van der Waals surface area contributed by atoms with E-state index < -0.39 is 0 Å². The smallest absolute Gasteiger partial charge is 0.234 e. The minimum absolute atomic E-state index is 0.371. The van der Waals surface area contributed by atoms with Crippen molar-refractivity contribution in [2.45, 2.75) is 60.4 Å². The molecular weight excluding hydrogens is 410 g/mol. The van der Waals surface area contributed by atoms with Crippen molar-refractivity contribution in [2.24, 2.45) is 7.05 Å². The molecule has 8 nitrogen and oxygen atoms in total. The van der Waals surface area contributed by atoms with Crippen molar-refractivity contribution in [1.29, 1.82) is 0 Å². The molecule has 9 heteroatoms. The number of aryl methyl sites for hydroxylation is 3. The summed E-state index contributed by atoms with van der Waals surface area (Å²) in [6, 6.07) is 0.371. The van der Waals surface area contributed by atoms with Crippen LogP contribution in [0.1, 0.15) is 57.8 Å². The molecule has 0 radical (unpaired) electrons. The standard InChI is InChI=1S/C19H23N7OS.C3H8/c1-7-11(3)26-8-10(2)13-16(26)22-12(4)14(23-13)15-18(27-6)24-19(28-15)17-20-9-21-25(17)5;1-3-2/h8-9,11H,7H2,1-6H3;3H2,1-2H3. The lowest BCUT2D eigenvalue weighted by Crippen LogP contribution is -2.04. The zero-order valence-corrected chi connectivity index (χ0v) is 20.4. The van der Waals surface area contributed by atoms with Crippen LogP contribution in [-0.2, 0) is 7.05 Å². The summed E-state index contributed by atoms with van der Waals surface area (Å²) in [4.78, 5) is 19.6. The van der Waals surface area contributed by atoms with Crippen LogP contribution in [0.4, 0.5) is 0 Å². The van der Waals surface area contributed by atoms with E-state index in [1.54, 1.807) is 11.8 Å². The van der Waals surface area contributed by atoms with E-state index in [2.05, 4.69) is 60.4 Å². The summed E-state index contributed by atoms with van der Waals surface area (Å²) in [6.07, 6.45) is 5.94. The number of hydrogen-bond donors (Lipinski definition) is 0. The number of methoxy groups -OCH3 is 1. The quantitative estimate of drug-likeness (QED) is 0.414. The molecule has 4 rings (SSSR count). The molecule has 31 heavy (non-hydrogen) atoms. The summed E-state index contributed by atoms with van der Waals surface area (Å²) in [5.41, 5.74) is 4.59. The van der Waals surface area contributed by atoms with Crippen molar-refractivity contribution in [1.82, 2.24) is 34.3 Å². The first-order valence-electron chi connectivity index (χ1n) is 10.6. The normalized spacial score (nSPS) is 12.0. The van der Waals surface area contributed by atoms with Crippen molar-refractivity contribution >= 4 is 22.5 Å². The van der Waals surface area contributed by atoms with Gasteiger partial charge < -0.3 is 9.30 Å². The molecule has 0 spiro atoms. The van der Waals surface area contributed by atoms with Crippen LogP contribution in [0.2, 0.25) is 0 Å². The molecule has 1 atom stereocenters. The Morgan fingerprint density at radius 3 is 2.42 bits per heavy atom. The molecule has 0 bridgehead atoms. The lowest BCUT2D eigenvalue weighted by atomic mass is 10.2. The molecule has 4 aromatic heterocycles. The highest BCUT2D eigenvalue weighted by Crippen LogP contribution is 2.40. The van der Waals surface area contributed by atoms with E-state index in [4.69, 9.17) is 14.7 Å². The Labute approximate surface area is 187 Å². The molecule has 0 aliphatic heterocycles. The second-order valence-electron chi connectivity index (χ2n) is 7.58. The first-order valence-corrected chi connectivity index (χ1v) is 11.4. The molecule has 0 N–H and O–H groups in total. The van der Waals surface area contributed by atoms with Gasteiger partial charge in [0.25, 0.3) is 0 Å². The Hall–Kier alpha value is -2.81. The summed E-state index contributed by atoms with van der Waals surface area (Å²) in [5, 5.41) is 4.87. The Balaban J connectivity index is 0.000000858. The van der Waals surface area contributed by atoms with Crippen molar-refractivity contribution in [3.05, 3.63) is 23.8 Å². The van der Waals surface area contributed by atoms with Gasteiger partial charge in [-0.25, -0.2) is 19.6 Å². The van der Waals surface area contributed by atoms with Gasteiger partial charge in [0.15, 0.2) is 16.5 Å². The van der Waals surface area contributed by atoms with Crippen LogP contribution in [-0.4, -0.2) is 41.4 Å². The van der Waals surface area contributed by atoms with E-state index >= 15 is 0 Å². The van der Waals surface area contributed by atoms with E-state index in [1.165, 1.54) is 24.1 Å². The fraction of sp³-hybridized carbons (Fsp3) is 0.500. The van der Waals surface area contributed by atoms with Crippen LogP contribution in [0.15, 0.2) is 12.5 Å². The summed E-state index contributed by atoms with van der Waals surface area (Å²) >= 11 is 1.49. The van der Waals surface area contributed by atoms with E-state index in [0.717, 1.165) is 44.4 Å². The van der Waals surface area contributed by atoms with Gasteiger partial charge in [-0.3, -0.25) is 0 Å². The average Bonchev–Trinajstić information content (AvgIpc) is 3.44. The Bertz CT molecular complexity index is 1170. The number of aromatic nitrogens is 7. The van der Waals surface area contributed by atoms with E-state index in [-0.39, 0.29) is 0 Å². The van der Waals surface area contributed by atoms with Crippen LogP contribution < -0.4 is 4.74 Å². The fourth-order valence-corrected chi connectivity index (χ4v) is 4.31. The number of ether oxygens (including phenoxy) is 1. The Morgan fingerprint density at radius 1 is 1.13 bits per heavy atom. The van der Waals surface area contributed by atoms with Crippen LogP contribution in [0.3, 0.4) is 0 Å². The highest BCUT2D eigenvalue weighted by molar-refractivity contribution is 7.18. The molecular formula is C22H31N7OS. The maximum Gasteiger partial charge on any atom is 0.234 e. The molecule has 166 valence electrons. The minimum Gasteiger partial charge on any atom is -0.480 e. The third-order valence-corrected chi connectivity index (χ3v) is 6.01. The van der Waals surface area contributed by atoms with Gasteiger partial charge in [0.2, 0.25) is 5.88 Å². The number of rotatable bonds is 5. The lowest BCUT2D eigenvalue weighted by molar-refractivity contribution is 0.402. The van der Waals surface area contributed by atoms with E-state index in [1.807, 2.05) is 14.0 Å². The monoisotopic (exact) mass is 441 g/mol. The molecule has 0 saturated carbocycles. The molecule has 4 heterocycles. The highest BCUT2D eigenvalue weighted by Gasteiger charge is 2.23. The van der Waals surface area contributed by atoms with Crippen molar-refractivity contribution in [2.75, 3.05) is 7.11 Å². The molecule has 0 aliphatic carbocycles. The first-order chi connectivity index (χ1) is 14.9. The van der Waals surface area contributed by atoms with E-state index in [0.29, 0.717) is 17.7 Å². The maximum atomic E-state index is 5.55. The van der Waals surface area contributed by atoms with Crippen molar-refractivity contribution < 1.29 is 4.74 Å². The number of fused-ring (bicyclic) bond motifs is 1. The number of hydrogen-bond acceptors (Lipinski definition) is 7. The number of thiazole rings is 1. The molecule has 0 aliphatic rings. The van der Waals surface area contributed by atoms with Gasteiger partial charge in [-0.1, -0.05) is 27.2 Å². The average molecular weight is 442 g/mol. The van der Waals surface area contributed by atoms with Crippen molar-refractivity contribution in [3.8, 4) is 27.3 Å². The summed E-state index contributed by atoms with van der Waals surface area (Å²) in [5.74, 6) is 1.22. The summed E-state index contributed by atoms with van der Waals surface area (Å²) in [6.45, 7) is 12.7. The van der Waals surface area contributed by atoms with Crippen LogP contribution in [0.5, 0.6) is 5.88 Å². The zero-order chi connectivity index (χ0) is 22.7. The lowest BCUT2D eigenvalue weighted by Gasteiger charge is -2.12. The largest absolute Gasteiger partial charge is 0.480 e. The molecule has 0 amide bonds. The fourth-order valence-electron chi connectivity index (χ4n) is 3.21. The molecule has 0 fully saturated rings. The second kappa shape index (κ2) is 9.55. The predicted molar refractivity (Wildman–Crippen MR) is 126 cm³/mol. The molecule has 0 aromatic carbocycles. The summed E-state index contributed by atoms with van der Waals surface area (Å²) in [7, 11) is 3.46. The van der Waals surface area contributed by atoms with Gasteiger partial charge in [0.1, 0.15) is 22.4 Å². The number of nitrogens with zero attached hydrogens (tertiary/aromatic N) is 7. The SMILES string of the molecule is CCC.CCC(C)n1cc(C)c2nc(-c3sc(-c4ncnn4C)nc3OC)c(C)nc21. The predicted octanol–water partition coefficient (Wildman–Crippen LogP) is 5.36. The molecule has 1 unspecified atom stereocenters. The minimum atomic E-state index is 0.371. The molecule has 4 aromatic rings. The second-order valence-corrected chi connectivity index (χ2v) is 8.58. The third-order valence-electron chi connectivity index (χ3n) is 4.98. The third kappa shape index (κ3) is 4.32.